The molecule has 0 aromatic rings. The molecule has 1 atom stereocenters. The molecule has 5 nitrogen and oxygen atoms in total. The van der Waals surface area contributed by atoms with Crippen molar-refractivity contribution in [2.75, 3.05) is 20.3 Å². The van der Waals surface area contributed by atoms with Crippen LogP contribution in [0.2, 0.25) is 0 Å². The molecule has 15 heavy (non-hydrogen) atoms. The molecule has 0 aliphatic carbocycles. The Morgan fingerprint density at radius 2 is 2.20 bits per heavy atom. The lowest BCUT2D eigenvalue weighted by molar-refractivity contribution is -0.176. The van der Waals surface area contributed by atoms with Crippen molar-refractivity contribution >= 4 is 5.97 Å². The van der Waals surface area contributed by atoms with Gasteiger partial charge in [0, 0.05) is 13.5 Å². The molecule has 0 aromatic heterocycles. The lowest BCUT2D eigenvalue weighted by Gasteiger charge is -2.15. The van der Waals surface area contributed by atoms with Gasteiger partial charge >= 0.3 is 5.97 Å². The number of carbonyl (C=O) groups is 1. The summed E-state index contributed by atoms with van der Waals surface area (Å²) in [5.74, 6) is -0.748. The highest BCUT2D eigenvalue weighted by Gasteiger charge is 2.15. The summed E-state index contributed by atoms with van der Waals surface area (Å²) in [5, 5.41) is 8.39. The summed E-state index contributed by atoms with van der Waals surface area (Å²) in [5.41, 5.74) is -0.233. The van der Waals surface area contributed by atoms with Gasteiger partial charge in [0.15, 0.2) is 0 Å². The predicted octanol–water partition coefficient (Wildman–Crippen LogP) is 1.01. The van der Waals surface area contributed by atoms with Crippen molar-refractivity contribution in [2.24, 2.45) is 0 Å². The van der Waals surface area contributed by atoms with Crippen molar-refractivity contribution in [3.8, 4) is 6.07 Å². The largest absolute Gasteiger partial charge is 0.432 e. The number of nitrogens with zero attached hydrogens (tertiary/aromatic N) is 1. The first-order valence-electron chi connectivity index (χ1n) is 4.56. The van der Waals surface area contributed by atoms with Gasteiger partial charge in [-0.2, -0.15) is 5.26 Å². The second kappa shape index (κ2) is 7.97. The molecule has 0 radical (unpaired) electrons. The van der Waals surface area contributed by atoms with Crippen LogP contribution < -0.4 is 0 Å². The maximum atomic E-state index is 11.1. The summed E-state index contributed by atoms with van der Waals surface area (Å²) < 4.78 is 14.8. The number of hydrogen-bond acceptors (Lipinski definition) is 5. The fraction of sp³-hybridized carbons (Fsp3) is 0.600. The molecule has 0 heterocycles. The first-order chi connectivity index (χ1) is 7.15. The summed E-state index contributed by atoms with van der Waals surface area (Å²) in [4.78, 5) is 11.1. The molecule has 0 fully saturated rings. The van der Waals surface area contributed by atoms with Crippen LogP contribution in [-0.2, 0) is 19.0 Å². The predicted molar refractivity (Wildman–Crippen MR) is 52.8 cm³/mol. The first-order valence-corrected chi connectivity index (χ1v) is 4.56. The van der Waals surface area contributed by atoms with Gasteiger partial charge in [0.25, 0.3) is 0 Å². The van der Waals surface area contributed by atoms with Gasteiger partial charge in [0.05, 0.1) is 13.2 Å². The van der Waals surface area contributed by atoms with Crippen LogP contribution in [0.1, 0.15) is 13.3 Å². The Morgan fingerprint density at radius 1 is 1.53 bits per heavy atom. The smallest absolute Gasteiger partial charge is 0.350 e. The third-order valence-corrected chi connectivity index (χ3v) is 1.54. The van der Waals surface area contributed by atoms with Gasteiger partial charge in [-0.15, -0.1) is 0 Å². The van der Waals surface area contributed by atoms with Crippen LogP contribution in [0.5, 0.6) is 0 Å². The lowest BCUT2D eigenvalue weighted by atomic mass is 10.3. The normalized spacial score (nSPS) is 11.5. The van der Waals surface area contributed by atoms with E-state index in [1.54, 1.807) is 20.1 Å². The molecule has 0 rings (SSSR count). The molecule has 1 unspecified atom stereocenters. The minimum atomic E-state index is -0.748. The number of nitriles is 1. The minimum absolute atomic E-state index is 0.233. The van der Waals surface area contributed by atoms with E-state index in [2.05, 4.69) is 6.58 Å². The molecule has 0 saturated carbocycles. The number of ether oxygens (including phenoxy) is 3. The van der Waals surface area contributed by atoms with Crippen molar-refractivity contribution in [3.63, 3.8) is 0 Å². The van der Waals surface area contributed by atoms with Gasteiger partial charge in [-0.1, -0.05) is 13.5 Å². The van der Waals surface area contributed by atoms with Crippen molar-refractivity contribution < 1.29 is 19.0 Å². The van der Waals surface area contributed by atoms with Crippen LogP contribution >= 0.6 is 0 Å². The van der Waals surface area contributed by atoms with E-state index in [0.717, 1.165) is 0 Å². The zero-order valence-corrected chi connectivity index (χ0v) is 8.99. The Kier molecular flexibility index (Phi) is 7.24. The van der Waals surface area contributed by atoms with Crippen LogP contribution in [0.25, 0.3) is 0 Å². The van der Waals surface area contributed by atoms with Crippen LogP contribution in [0.15, 0.2) is 12.2 Å². The summed E-state index contributed by atoms with van der Waals surface area (Å²) in [7, 11) is 1.55. The zero-order chi connectivity index (χ0) is 11.7. The Bertz CT molecular complexity index is 257. The summed E-state index contributed by atoms with van der Waals surface area (Å²) >= 11 is 0. The summed E-state index contributed by atoms with van der Waals surface area (Å²) in [6.45, 7) is 5.80. The van der Waals surface area contributed by atoms with Gasteiger partial charge in [-0.25, -0.2) is 4.79 Å². The van der Waals surface area contributed by atoms with E-state index in [9.17, 15) is 4.79 Å². The molecule has 0 bridgehead atoms. The van der Waals surface area contributed by atoms with Gasteiger partial charge < -0.3 is 14.2 Å². The van der Waals surface area contributed by atoms with Crippen molar-refractivity contribution in [2.45, 2.75) is 19.6 Å². The Balaban J connectivity index is 3.94. The molecular weight excluding hydrogens is 198 g/mol. The highest BCUT2D eigenvalue weighted by atomic mass is 16.7. The quantitative estimate of drug-likeness (QED) is 0.207. The topological polar surface area (TPSA) is 68.6 Å². The summed E-state index contributed by atoms with van der Waals surface area (Å²) in [6, 6.07) is 1.61. The molecule has 5 heteroatoms. The van der Waals surface area contributed by atoms with Crippen LogP contribution in [0.4, 0.5) is 0 Å². The van der Waals surface area contributed by atoms with E-state index in [1.165, 1.54) is 0 Å². The summed E-state index contributed by atoms with van der Waals surface area (Å²) in [6.07, 6.45) is -0.147. The molecule has 84 valence electrons. The number of esters is 1. The molecule has 0 N–H and O–H groups in total. The first kappa shape index (κ1) is 13.6. The highest BCUT2D eigenvalue weighted by Crippen LogP contribution is 2.04. The van der Waals surface area contributed by atoms with Crippen molar-refractivity contribution in [1.29, 1.82) is 5.26 Å². The van der Waals surface area contributed by atoms with E-state index in [4.69, 9.17) is 19.5 Å². The van der Waals surface area contributed by atoms with Crippen LogP contribution in [-0.4, -0.2) is 32.6 Å². The van der Waals surface area contributed by atoms with E-state index in [1.807, 2.05) is 0 Å². The van der Waals surface area contributed by atoms with Crippen molar-refractivity contribution in [3.05, 3.63) is 12.2 Å². The van der Waals surface area contributed by atoms with Gasteiger partial charge in [-0.3, -0.25) is 0 Å². The third-order valence-electron chi connectivity index (χ3n) is 1.54. The molecule has 0 aromatic carbocycles. The second-order valence-electron chi connectivity index (χ2n) is 2.70. The number of methoxy groups -OCH3 is 1. The number of hydrogen-bond donors (Lipinski definition) is 0. The van der Waals surface area contributed by atoms with E-state index in [-0.39, 0.29) is 5.57 Å². The Morgan fingerprint density at radius 3 is 2.67 bits per heavy atom. The maximum Gasteiger partial charge on any atom is 0.350 e. The van der Waals surface area contributed by atoms with E-state index < -0.39 is 12.3 Å². The molecule has 0 saturated heterocycles. The number of rotatable bonds is 7. The molecule has 0 amide bonds. The molecular formula is C10H15NO4. The monoisotopic (exact) mass is 213 g/mol. The second-order valence-corrected chi connectivity index (χ2v) is 2.70. The van der Waals surface area contributed by atoms with E-state index in [0.29, 0.717) is 19.6 Å². The third kappa shape index (κ3) is 5.83. The van der Waals surface area contributed by atoms with Crippen LogP contribution in [0, 0.1) is 11.3 Å². The number of carbonyl (C=O) groups excluding carboxylic acids is 1. The molecule has 0 spiro atoms. The highest BCUT2D eigenvalue weighted by molar-refractivity contribution is 5.91. The average Bonchev–Trinajstić information content (AvgIpc) is 2.26. The maximum absolute atomic E-state index is 11.1. The Labute approximate surface area is 89.2 Å². The van der Waals surface area contributed by atoms with Crippen molar-refractivity contribution in [1.82, 2.24) is 0 Å². The fourth-order valence-corrected chi connectivity index (χ4v) is 0.734. The van der Waals surface area contributed by atoms with Gasteiger partial charge in [-0.05, 0) is 0 Å². The SMILES string of the molecule is C=C(C#N)C(=O)OC(CC)OCCOC. The lowest BCUT2D eigenvalue weighted by Crippen LogP contribution is -2.22. The molecule has 0 aliphatic heterocycles. The van der Waals surface area contributed by atoms with E-state index >= 15 is 0 Å². The van der Waals surface area contributed by atoms with Crippen LogP contribution in [0.3, 0.4) is 0 Å². The standard InChI is InChI=1S/C10H15NO4/c1-4-9(14-6-5-13-3)15-10(12)8(2)7-11/h9H,2,4-6H2,1,3H3. The average molecular weight is 213 g/mol. The zero-order valence-electron chi connectivity index (χ0n) is 8.99. The van der Waals surface area contributed by atoms with Gasteiger partial charge in [0.2, 0.25) is 6.29 Å². The fourth-order valence-electron chi connectivity index (χ4n) is 0.734. The minimum Gasteiger partial charge on any atom is -0.432 e. The van der Waals surface area contributed by atoms with Gasteiger partial charge in [0.1, 0.15) is 11.6 Å². The Hall–Kier alpha value is -1.38. The molecule has 0 aliphatic rings.